The summed E-state index contributed by atoms with van der Waals surface area (Å²) in [4.78, 5) is 21.3. The summed E-state index contributed by atoms with van der Waals surface area (Å²) in [5, 5.41) is 10.1. The zero-order valence-corrected chi connectivity index (χ0v) is 20.9. The Morgan fingerprint density at radius 2 is 1.84 bits per heavy atom. The number of nitrogens with zero attached hydrogens (tertiary/aromatic N) is 4. The first kappa shape index (κ1) is 24.1. The molecule has 0 atom stereocenters. The number of carbonyl (C=O) groups excluding carboxylic acids is 1. The molecule has 5 aromatic rings. The molecule has 0 bridgehead atoms. The molecule has 0 saturated heterocycles. The third-order valence-electron chi connectivity index (χ3n) is 5.57. The van der Waals surface area contributed by atoms with Gasteiger partial charge in [0.05, 0.1) is 19.1 Å². The van der Waals surface area contributed by atoms with Gasteiger partial charge in [0.2, 0.25) is 5.82 Å². The topological polar surface area (TPSA) is 107 Å². The van der Waals surface area contributed by atoms with E-state index in [0.717, 1.165) is 16.7 Å². The average molecular weight is 515 g/mol. The van der Waals surface area contributed by atoms with Gasteiger partial charge < -0.3 is 24.5 Å². The van der Waals surface area contributed by atoms with Crippen molar-refractivity contribution in [2.24, 2.45) is 0 Å². The van der Waals surface area contributed by atoms with Crippen molar-refractivity contribution in [1.29, 1.82) is 0 Å². The second-order valence-corrected chi connectivity index (χ2v) is 8.78. The lowest BCUT2D eigenvalue weighted by molar-refractivity contribution is 0.262. The standard InChI is InChI=1S/C27H23ClN6O3/c1-17-3-7-19(8-4-17)25-32-26(37-33-25)23-15-34(16-29-23)14-18-5-10-21(11-6-18)30-27(35)31-22-13-20(28)9-12-24(22)36-2/h3-13,15-16H,14H2,1-2H3,(H2,30,31,35). The summed E-state index contributed by atoms with van der Waals surface area (Å²) in [5.74, 6) is 1.39. The predicted molar refractivity (Wildman–Crippen MR) is 142 cm³/mol. The first-order valence-corrected chi connectivity index (χ1v) is 11.8. The van der Waals surface area contributed by atoms with Crippen LogP contribution in [0.4, 0.5) is 16.2 Å². The van der Waals surface area contributed by atoms with Crippen LogP contribution in [0, 0.1) is 6.92 Å². The Balaban J connectivity index is 1.20. The maximum absolute atomic E-state index is 12.4. The van der Waals surface area contributed by atoms with E-state index in [4.69, 9.17) is 20.9 Å². The van der Waals surface area contributed by atoms with Gasteiger partial charge in [-0.3, -0.25) is 0 Å². The molecule has 0 spiro atoms. The molecule has 0 fully saturated rings. The number of aromatic nitrogens is 4. The van der Waals surface area contributed by atoms with E-state index in [1.807, 2.05) is 66.2 Å². The van der Waals surface area contributed by atoms with Crippen molar-refractivity contribution in [3.05, 3.63) is 95.4 Å². The summed E-state index contributed by atoms with van der Waals surface area (Å²) in [5.41, 5.74) is 4.79. The number of carbonyl (C=O) groups is 1. The summed E-state index contributed by atoms with van der Waals surface area (Å²) in [6.45, 7) is 2.61. The van der Waals surface area contributed by atoms with Gasteiger partial charge in [0, 0.05) is 29.0 Å². The Kier molecular flexibility index (Phi) is 6.87. The van der Waals surface area contributed by atoms with Crippen molar-refractivity contribution in [3.63, 3.8) is 0 Å². The van der Waals surface area contributed by atoms with E-state index in [1.165, 1.54) is 7.11 Å². The van der Waals surface area contributed by atoms with Crippen LogP contribution in [0.25, 0.3) is 23.0 Å². The minimum atomic E-state index is -0.405. The zero-order valence-electron chi connectivity index (χ0n) is 20.1. The third kappa shape index (κ3) is 5.79. The number of imidazole rings is 1. The average Bonchev–Trinajstić information content (AvgIpc) is 3.56. The van der Waals surface area contributed by atoms with E-state index < -0.39 is 6.03 Å². The van der Waals surface area contributed by atoms with Crippen molar-refractivity contribution < 1.29 is 14.1 Å². The molecule has 2 heterocycles. The van der Waals surface area contributed by atoms with Crippen molar-refractivity contribution in [1.82, 2.24) is 19.7 Å². The highest BCUT2D eigenvalue weighted by atomic mass is 35.5. The van der Waals surface area contributed by atoms with Gasteiger partial charge in [-0.2, -0.15) is 4.98 Å². The number of hydrogen-bond acceptors (Lipinski definition) is 6. The third-order valence-corrected chi connectivity index (χ3v) is 5.81. The Hall–Kier alpha value is -4.63. The second kappa shape index (κ2) is 10.5. The van der Waals surface area contributed by atoms with Crippen LogP contribution < -0.4 is 15.4 Å². The van der Waals surface area contributed by atoms with Crippen LogP contribution in [0.2, 0.25) is 5.02 Å². The number of rotatable bonds is 7. The van der Waals surface area contributed by atoms with Crippen molar-refractivity contribution in [2.75, 3.05) is 17.7 Å². The van der Waals surface area contributed by atoms with E-state index in [9.17, 15) is 4.79 Å². The molecule has 0 saturated carbocycles. The number of urea groups is 1. The van der Waals surface area contributed by atoms with Gasteiger partial charge in [-0.25, -0.2) is 9.78 Å². The van der Waals surface area contributed by atoms with E-state index in [1.54, 1.807) is 24.5 Å². The highest BCUT2D eigenvalue weighted by Gasteiger charge is 2.13. The van der Waals surface area contributed by atoms with Crippen LogP contribution in [-0.2, 0) is 6.54 Å². The minimum absolute atomic E-state index is 0.358. The predicted octanol–water partition coefficient (Wildman–Crippen LogP) is 6.26. The van der Waals surface area contributed by atoms with Crippen LogP contribution in [0.5, 0.6) is 5.75 Å². The minimum Gasteiger partial charge on any atom is -0.495 e. The van der Waals surface area contributed by atoms with Crippen molar-refractivity contribution in [3.8, 4) is 28.7 Å². The summed E-state index contributed by atoms with van der Waals surface area (Å²) in [6.07, 6.45) is 3.56. The van der Waals surface area contributed by atoms with Crippen molar-refractivity contribution >= 4 is 29.0 Å². The lowest BCUT2D eigenvalue weighted by Gasteiger charge is -2.12. The first-order chi connectivity index (χ1) is 18.0. The molecular weight excluding hydrogens is 492 g/mol. The van der Waals surface area contributed by atoms with Gasteiger partial charge >= 0.3 is 6.03 Å². The molecule has 0 aliphatic rings. The van der Waals surface area contributed by atoms with Crippen LogP contribution >= 0.6 is 11.6 Å². The summed E-state index contributed by atoms with van der Waals surface area (Å²) >= 11 is 6.02. The van der Waals surface area contributed by atoms with E-state index in [2.05, 4.69) is 25.8 Å². The molecule has 3 aromatic carbocycles. The number of halogens is 1. The van der Waals surface area contributed by atoms with Gasteiger partial charge in [0.15, 0.2) is 0 Å². The normalized spacial score (nSPS) is 10.8. The van der Waals surface area contributed by atoms with Gasteiger partial charge in [0.25, 0.3) is 5.89 Å². The van der Waals surface area contributed by atoms with Gasteiger partial charge in [-0.05, 0) is 42.8 Å². The second-order valence-electron chi connectivity index (χ2n) is 8.34. The number of aryl methyl sites for hydroxylation is 1. The number of hydrogen-bond donors (Lipinski definition) is 2. The summed E-state index contributed by atoms with van der Waals surface area (Å²) in [6, 6.07) is 20.0. The van der Waals surface area contributed by atoms with Crippen LogP contribution in [0.15, 0.2) is 83.8 Å². The van der Waals surface area contributed by atoms with E-state index >= 15 is 0 Å². The van der Waals surface area contributed by atoms with E-state index in [0.29, 0.717) is 46.1 Å². The number of methoxy groups -OCH3 is 1. The molecule has 0 aliphatic heterocycles. The van der Waals surface area contributed by atoms with Crippen LogP contribution in [0.1, 0.15) is 11.1 Å². The number of anilines is 2. The summed E-state index contributed by atoms with van der Waals surface area (Å²) in [7, 11) is 1.53. The fourth-order valence-corrected chi connectivity index (χ4v) is 3.84. The number of nitrogens with one attached hydrogen (secondary N) is 2. The Morgan fingerprint density at radius 1 is 1.05 bits per heavy atom. The Morgan fingerprint density at radius 3 is 2.59 bits per heavy atom. The molecule has 5 rings (SSSR count). The van der Waals surface area contributed by atoms with Crippen LogP contribution in [0.3, 0.4) is 0 Å². The highest BCUT2D eigenvalue weighted by molar-refractivity contribution is 6.31. The maximum atomic E-state index is 12.4. The molecule has 0 unspecified atom stereocenters. The molecule has 2 aromatic heterocycles. The molecule has 186 valence electrons. The quantitative estimate of drug-likeness (QED) is 0.265. The zero-order chi connectivity index (χ0) is 25.8. The smallest absolute Gasteiger partial charge is 0.323 e. The molecule has 10 heteroatoms. The largest absolute Gasteiger partial charge is 0.495 e. The molecule has 2 amide bonds. The highest BCUT2D eigenvalue weighted by Crippen LogP contribution is 2.28. The number of ether oxygens (including phenoxy) is 1. The van der Waals surface area contributed by atoms with Gasteiger partial charge in [-0.15, -0.1) is 0 Å². The number of benzene rings is 3. The Bertz CT molecular complexity index is 1530. The first-order valence-electron chi connectivity index (χ1n) is 11.4. The molecule has 37 heavy (non-hydrogen) atoms. The molecule has 0 aliphatic carbocycles. The fourth-order valence-electron chi connectivity index (χ4n) is 3.67. The molecular formula is C27H23ClN6O3. The van der Waals surface area contributed by atoms with E-state index in [-0.39, 0.29) is 0 Å². The van der Waals surface area contributed by atoms with Crippen molar-refractivity contribution in [2.45, 2.75) is 13.5 Å². The van der Waals surface area contributed by atoms with Crippen LogP contribution in [-0.4, -0.2) is 32.8 Å². The summed E-state index contributed by atoms with van der Waals surface area (Å²) < 4.78 is 12.6. The molecule has 9 nitrogen and oxygen atoms in total. The SMILES string of the molecule is COc1ccc(Cl)cc1NC(=O)Nc1ccc(Cn2cnc(-c3nc(-c4ccc(C)cc4)no3)c2)cc1. The maximum Gasteiger partial charge on any atom is 0.323 e. The lowest BCUT2D eigenvalue weighted by atomic mass is 10.1. The number of amides is 2. The fraction of sp³-hybridized carbons (Fsp3) is 0.111. The van der Waals surface area contributed by atoms with Gasteiger partial charge in [0.1, 0.15) is 11.4 Å². The van der Waals surface area contributed by atoms with Gasteiger partial charge in [-0.1, -0.05) is 58.7 Å². The monoisotopic (exact) mass is 514 g/mol. The molecule has 0 radical (unpaired) electrons. The lowest BCUT2D eigenvalue weighted by Crippen LogP contribution is -2.19. The Labute approximate surface area is 218 Å². The molecule has 2 N–H and O–H groups in total.